The Labute approximate surface area is 185 Å². The van der Waals surface area contributed by atoms with E-state index in [1.54, 1.807) is 24.8 Å². The molecule has 0 aromatic carbocycles. The van der Waals surface area contributed by atoms with Gasteiger partial charge >= 0.3 is 0 Å². The molecule has 2 aliphatic rings. The molecule has 1 unspecified atom stereocenters. The topological polar surface area (TPSA) is 101 Å². The maximum atomic E-state index is 6.69. The fourth-order valence-corrected chi connectivity index (χ4v) is 4.24. The Morgan fingerprint density at radius 1 is 1.16 bits per heavy atom. The van der Waals surface area contributed by atoms with Crippen LogP contribution in [0.4, 0.5) is 0 Å². The third kappa shape index (κ3) is 3.75. The van der Waals surface area contributed by atoms with Crippen LogP contribution in [0.25, 0.3) is 28.1 Å². The van der Waals surface area contributed by atoms with Crippen LogP contribution in [0.2, 0.25) is 0 Å². The number of hydrogen-bond donors (Lipinski definition) is 1. The minimum absolute atomic E-state index is 0.134. The number of piperidine rings is 1. The number of nitrogens with zero attached hydrogens (tertiary/aromatic N) is 8. The van der Waals surface area contributed by atoms with Crippen molar-refractivity contribution in [3.63, 3.8) is 0 Å². The van der Waals surface area contributed by atoms with Gasteiger partial charge in [-0.1, -0.05) is 11.6 Å². The number of amidine groups is 1. The normalized spacial score (nSPS) is 21.9. The molecule has 2 N–H and O–H groups in total. The number of aryl methyl sites for hydroxylation is 1. The summed E-state index contributed by atoms with van der Waals surface area (Å²) in [7, 11) is 1.94. The monoisotopic (exact) mass is 437 g/mol. The third-order valence-electron chi connectivity index (χ3n) is 5.59. The van der Waals surface area contributed by atoms with Gasteiger partial charge in [-0.15, -0.1) is 0 Å². The average Bonchev–Trinajstić information content (AvgIpc) is 3.19. The van der Waals surface area contributed by atoms with Crippen LogP contribution in [-0.4, -0.2) is 72.0 Å². The van der Waals surface area contributed by atoms with Crippen molar-refractivity contribution in [2.24, 2.45) is 10.7 Å². The number of aromatic nitrogens is 5. The first-order chi connectivity index (χ1) is 15.0. The fourth-order valence-electron chi connectivity index (χ4n) is 4.00. The van der Waals surface area contributed by atoms with Gasteiger partial charge in [0.05, 0.1) is 29.3 Å². The first kappa shape index (κ1) is 19.9. The lowest BCUT2D eigenvalue weighted by atomic mass is 10.1. The molecule has 10 heteroatoms. The van der Waals surface area contributed by atoms with Gasteiger partial charge in [-0.05, 0) is 25.8 Å². The van der Waals surface area contributed by atoms with Crippen molar-refractivity contribution in [2.75, 3.05) is 20.1 Å². The molecule has 1 fully saturated rings. The lowest BCUT2D eigenvalue weighted by Gasteiger charge is -2.38. The Balaban J connectivity index is 1.56. The highest BCUT2D eigenvalue weighted by Crippen LogP contribution is 2.27. The standard InChI is InChI=1S/C21H24ClN9/c1-13-7-24-10-17(27-13)16-6-18-14(8-25-16)9-26-31(18)19-12-29(2)20(22)21(28-19)30-5-3-4-15(23)11-30/h6-10,12,15,20H,3-5,11,23H2,1-2H3/t15-,20?/m0/s1. The second kappa shape index (κ2) is 7.90. The van der Waals surface area contributed by atoms with E-state index in [2.05, 4.69) is 25.0 Å². The van der Waals surface area contributed by atoms with Crippen molar-refractivity contribution in [2.45, 2.75) is 31.3 Å². The molecule has 31 heavy (non-hydrogen) atoms. The molecule has 160 valence electrons. The predicted octanol–water partition coefficient (Wildman–Crippen LogP) is 2.28. The third-order valence-corrected chi connectivity index (χ3v) is 6.09. The van der Waals surface area contributed by atoms with Crippen LogP contribution >= 0.6 is 11.6 Å². The Morgan fingerprint density at radius 2 is 2.03 bits per heavy atom. The van der Waals surface area contributed by atoms with Crippen molar-refractivity contribution in [1.82, 2.24) is 34.5 Å². The second-order valence-electron chi connectivity index (χ2n) is 8.04. The van der Waals surface area contributed by atoms with Gasteiger partial charge < -0.3 is 15.5 Å². The number of alkyl halides is 1. The molecule has 0 bridgehead atoms. The molecule has 3 aromatic heterocycles. The minimum Gasteiger partial charge on any atom is -0.356 e. The van der Waals surface area contributed by atoms with Gasteiger partial charge in [0.25, 0.3) is 0 Å². The lowest BCUT2D eigenvalue weighted by Crippen LogP contribution is -2.51. The highest BCUT2D eigenvalue weighted by atomic mass is 35.5. The van der Waals surface area contributed by atoms with E-state index in [0.29, 0.717) is 5.82 Å². The van der Waals surface area contributed by atoms with Gasteiger partial charge in [0.1, 0.15) is 11.5 Å². The van der Waals surface area contributed by atoms with Crippen molar-refractivity contribution in [1.29, 1.82) is 0 Å². The van der Waals surface area contributed by atoms with E-state index in [-0.39, 0.29) is 11.5 Å². The molecule has 0 spiro atoms. The Bertz CT molecular complexity index is 1180. The van der Waals surface area contributed by atoms with E-state index in [0.717, 1.165) is 59.8 Å². The molecular formula is C21H24ClN9. The smallest absolute Gasteiger partial charge is 0.172 e. The highest BCUT2D eigenvalue weighted by molar-refractivity contribution is 6.32. The van der Waals surface area contributed by atoms with Crippen LogP contribution in [0.15, 0.2) is 42.0 Å². The minimum atomic E-state index is -0.351. The summed E-state index contributed by atoms with van der Waals surface area (Å²) in [5.41, 5.74) is 9.02. The highest BCUT2D eigenvalue weighted by Gasteiger charge is 2.30. The fraction of sp³-hybridized carbons (Fsp3) is 0.381. The van der Waals surface area contributed by atoms with Crippen LogP contribution < -0.4 is 5.73 Å². The van der Waals surface area contributed by atoms with E-state index in [1.807, 2.05) is 35.8 Å². The van der Waals surface area contributed by atoms with Crippen LogP contribution in [0.3, 0.4) is 0 Å². The molecule has 0 amide bonds. The summed E-state index contributed by atoms with van der Waals surface area (Å²) in [4.78, 5) is 22.3. The summed E-state index contributed by atoms with van der Waals surface area (Å²) in [6.07, 6.45) is 11.0. The molecule has 2 aliphatic heterocycles. The summed E-state index contributed by atoms with van der Waals surface area (Å²) in [6.45, 7) is 3.56. The van der Waals surface area contributed by atoms with Crippen molar-refractivity contribution >= 4 is 34.2 Å². The molecule has 1 saturated heterocycles. The zero-order valence-corrected chi connectivity index (χ0v) is 18.2. The number of fused-ring (bicyclic) bond motifs is 1. The summed E-state index contributed by atoms with van der Waals surface area (Å²) >= 11 is 6.69. The number of rotatable bonds is 2. The van der Waals surface area contributed by atoms with Gasteiger partial charge in [0.15, 0.2) is 11.3 Å². The SMILES string of the molecule is Cc1cncc(-c2cc3c(cn2)cnn3C2=CN(C)C(Cl)C(N3CCC[C@H](N)C3)=N2)n1. The van der Waals surface area contributed by atoms with E-state index < -0.39 is 0 Å². The number of hydrogen-bond acceptors (Lipinski definition) is 8. The Kier molecular flexibility index (Phi) is 5.07. The molecule has 0 radical (unpaired) electrons. The maximum Gasteiger partial charge on any atom is 0.172 e. The van der Waals surface area contributed by atoms with Gasteiger partial charge in [0, 0.05) is 50.2 Å². The number of likely N-dealkylation sites (tertiary alicyclic amines) is 1. The molecule has 9 nitrogen and oxygen atoms in total. The molecular weight excluding hydrogens is 414 g/mol. The zero-order chi connectivity index (χ0) is 21.5. The van der Waals surface area contributed by atoms with E-state index in [9.17, 15) is 0 Å². The second-order valence-corrected chi connectivity index (χ2v) is 8.45. The first-order valence-electron chi connectivity index (χ1n) is 10.3. The van der Waals surface area contributed by atoms with Crippen molar-refractivity contribution in [3.05, 3.63) is 42.7 Å². The number of nitrogens with two attached hydrogens (primary N) is 1. The average molecular weight is 438 g/mol. The number of pyridine rings is 1. The molecule has 0 aliphatic carbocycles. The maximum absolute atomic E-state index is 6.69. The summed E-state index contributed by atoms with van der Waals surface area (Å²) in [6, 6.07) is 2.10. The van der Waals surface area contributed by atoms with Gasteiger partial charge in [-0.2, -0.15) is 5.10 Å². The number of halogens is 1. The number of likely N-dealkylation sites (N-methyl/N-ethyl adjacent to an activating group) is 1. The van der Waals surface area contributed by atoms with Crippen LogP contribution in [-0.2, 0) is 0 Å². The quantitative estimate of drug-likeness (QED) is 0.484. The molecule has 5 heterocycles. The summed E-state index contributed by atoms with van der Waals surface area (Å²) < 4.78 is 1.81. The predicted molar refractivity (Wildman–Crippen MR) is 121 cm³/mol. The first-order valence-corrected chi connectivity index (χ1v) is 10.7. The van der Waals surface area contributed by atoms with Crippen molar-refractivity contribution < 1.29 is 0 Å². The largest absolute Gasteiger partial charge is 0.356 e. The van der Waals surface area contributed by atoms with Crippen LogP contribution in [0.1, 0.15) is 18.5 Å². The van der Waals surface area contributed by atoms with E-state index >= 15 is 0 Å². The Hall–Kier alpha value is -3.04. The van der Waals surface area contributed by atoms with Gasteiger partial charge in [-0.3, -0.25) is 9.97 Å². The van der Waals surface area contributed by atoms with E-state index in [1.165, 1.54) is 0 Å². The molecule has 0 saturated carbocycles. The van der Waals surface area contributed by atoms with Crippen LogP contribution in [0.5, 0.6) is 0 Å². The summed E-state index contributed by atoms with van der Waals surface area (Å²) in [5, 5.41) is 5.49. The molecule has 5 rings (SSSR count). The zero-order valence-electron chi connectivity index (χ0n) is 17.5. The molecule has 3 aromatic rings. The van der Waals surface area contributed by atoms with Gasteiger partial charge in [-0.25, -0.2) is 14.7 Å². The molecule has 2 atom stereocenters. The van der Waals surface area contributed by atoms with Gasteiger partial charge in [0.2, 0.25) is 0 Å². The van der Waals surface area contributed by atoms with Crippen molar-refractivity contribution in [3.8, 4) is 11.4 Å². The summed E-state index contributed by atoms with van der Waals surface area (Å²) in [5.74, 6) is 1.50. The Morgan fingerprint density at radius 3 is 2.84 bits per heavy atom. The van der Waals surface area contributed by atoms with Crippen LogP contribution in [0, 0.1) is 6.92 Å². The number of aliphatic imine (C=N–C) groups is 1. The van der Waals surface area contributed by atoms with E-state index in [4.69, 9.17) is 22.3 Å². The lowest BCUT2D eigenvalue weighted by molar-refractivity contribution is 0.293.